The Kier molecular flexibility index (Phi) is 7.10. The van der Waals surface area contributed by atoms with Gasteiger partial charge in [0, 0.05) is 45.2 Å². The molecule has 0 bridgehead atoms. The minimum absolute atomic E-state index is 0.110. The van der Waals surface area contributed by atoms with E-state index in [0.717, 1.165) is 50.6 Å². The van der Waals surface area contributed by atoms with E-state index in [1.807, 2.05) is 19.1 Å². The van der Waals surface area contributed by atoms with Crippen molar-refractivity contribution < 1.29 is 14.3 Å². The van der Waals surface area contributed by atoms with Crippen LogP contribution < -0.4 is 14.8 Å². The quantitative estimate of drug-likeness (QED) is 0.707. The number of hydrogen-bond donors (Lipinski definition) is 1. The molecule has 0 radical (unpaired) electrons. The van der Waals surface area contributed by atoms with Gasteiger partial charge in [-0.15, -0.1) is 0 Å². The number of nitrogens with one attached hydrogen (secondary N) is 1. The van der Waals surface area contributed by atoms with E-state index >= 15 is 0 Å². The number of nitrogens with zero attached hydrogens (tertiary/aromatic N) is 2. The molecule has 2 aromatic carbocycles. The van der Waals surface area contributed by atoms with Crippen molar-refractivity contribution in [2.75, 3.05) is 39.5 Å². The normalized spacial score (nSPS) is 18.5. The topological polar surface area (TPSA) is 54.0 Å². The van der Waals surface area contributed by atoms with Gasteiger partial charge in [0.15, 0.2) is 11.5 Å². The van der Waals surface area contributed by atoms with Crippen molar-refractivity contribution in [2.45, 2.75) is 38.8 Å². The minimum atomic E-state index is -0.110. The van der Waals surface area contributed by atoms with Crippen molar-refractivity contribution >= 4 is 5.91 Å². The molecule has 6 nitrogen and oxygen atoms in total. The summed E-state index contributed by atoms with van der Waals surface area (Å²) in [7, 11) is 0. The molecule has 31 heavy (non-hydrogen) atoms. The summed E-state index contributed by atoms with van der Waals surface area (Å²) in [5.74, 6) is 2.14. The molecular formula is C25H33N3O3. The lowest BCUT2D eigenvalue weighted by molar-refractivity contribution is -0.126. The van der Waals surface area contributed by atoms with Crippen LogP contribution in [0.1, 0.15) is 37.3 Å². The molecule has 0 aromatic heterocycles. The second kappa shape index (κ2) is 10.2. The number of piperazine rings is 1. The number of rotatable bonds is 8. The average molecular weight is 424 g/mol. The van der Waals surface area contributed by atoms with Crippen molar-refractivity contribution in [1.82, 2.24) is 15.1 Å². The van der Waals surface area contributed by atoms with E-state index in [1.54, 1.807) is 0 Å². The number of ether oxygens (including phenoxy) is 2. The van der Waals surface area contributed by atoms with Gasteiger partial charge in [-0.25, -0.2) is 0 Å². The fourth-order valence-electron chi connectivity index (χ4n) is 4.37. The molecule has 166 valence electrons. The Morgan fingerprint density at radius 1 is 1.03 bits per heavy atom. The van der Waals surface area contributed by atoms with Crippen LogP contribution in [0.15, 0.2) is 48.5 Å². The summed E-state index contributed by atoms with van der Waals surface area (Å²) < 4.78 is 10.9. The van der Waals surface area contributed by atoms with Gasteiger partial charge in [-0.1, -0.05) is 43.3 Å². The number of carbonyl (C=O) groups excluding carboxylic acids is 1. The molecular weight excluding hydrogens is 390 g/mol. The third-order valence-electron chi connectivity index (χ3n) is 6.46. The maximum absolute atomic E-state index is 12.8. The van der Waals surface area contributed by atoms with Crippen LogP contribution in [0.5, 0.6) is 11.5 Å². The Balaban J connectivity index is 1.23. The van der Waals surface area contributed by atoms with Gasteiger partial charge < -0.3 is 14.8 Å². The molecule has 0 saturated carbocycles. The minimum Gasteiger partial charge on any atom is -0.454 e. The summed E-state index contributed by atoms with van der Waals surface area (Å²) in [5.41, 5.74) is 2.52. The number of hydrogen-bond acceptors (Lipinski definition) is 5. The SMILES string of the molecule is CC[C@@H](CNC(=O)[C@H](C)N1CCN(Cc2ccc3c(c2)OCO3)CC1)c1ccccc1. The van der Waals surface area contributed by atoms with Gasteiger partial charge in [-0.2, -0.15) is 0 Å². The largest absolute Gasteiger partial charge is 0.454 e. The Bertz CT molecular complexity index is 866. The maximum atomic E-state index is 12.8. The molecule has 0 aliphatic carbocycles. The Morgan fingerprint density at radius 3 is 2.52 bits per heavy atom. The highest BCUT2D eigenvalue weighted by molar-refractivity contribution is 5.81. The second-order valence-corrected chi connectivity index (χ2v) is 8.44. The van der Waals surface area contributed by atoms with E-state index in [1.165, 1.54) is 11.1 Å². The van der Waals surface area contributed by atoms with E-state index < -0.39 is 0 Å². The van der Waals surface area contributed by atoms with Crippen molar-refractivity contribution in [3.63, 3.8) is 0 Å². The lowest BCUT2D eigenvalue weighted by Crippen LogP contribution is -2.53. The zero-order valence-corrected chi connectivity index (χ0v) is 18.5. The van der Waals surface area contributed by atoms with Crippen LogP contribution in [-0.4, -0.2) is 61.3 Å². The lowest BCUT2D eigenvalue weighted by atomic mass is 9.96. The second-order valence-electron chi connectivity index (χ2n) is 8.44. The van der Waals surface area contributed by atoms with Crippen LogP contribution in [0.25, 0.3) is 0 Å². The molecule has 4 rings (SSSR count). The number of fused-ring (bicyclic) bond motifs is 1. The van der Waals surface area contributed by atoms with Gasteiger partial charge in [0.05, 0.1) is 6.04 Å². The van der Waals surface area contributed by atoms with Crippen LogP contribution in [-0.2, 0) is 11.3 Å². The maximum Gasteiger partial charge on any atom is 0.237 e. The number of amides is 1. The summed E-state index contributed by atoms with van der Waals surface area (Å²) >= 11 is 0. The van der Waals surface area contributed by atoms with Crippen molar-refractivity contribution in [1.29, 1.82) is 0 Å². The summed E-state index contributed by atoms with van der Waals surface area (Å²) in [5, 5.41) is 3.18. The highest BCUT2D eigenvalue weighted by atomic mass is 16.7. The Hall–Kier alpha value is -2.57. The average Bonchev–Trinajstić information content (AvgIpc) is 3.28. The highest BCUT2D eigenvalue weighted by Gasteiger charge is 2.26. The molecule has 0 unspecified atom stereocenters. The molecule has 2 atom stereocenters. The number of benzene rings is 2. The molecule has 6 heteroatoms. The fourth-order valence-corrected chi connectivity index (χ4v) is 4.37. The molecule has 1 fully saturated rings. The summed E-state index contributed by atoms with van der Waals surface area (Å²) in [4.78, 5) is 17.5. The van der Waals surface area contributed by atoms with Crippen LogP contribution in [0, 0.1) is 0 Å². The first-order valence-electron chi connectivity index (χ1n) is 11.3. The first kappa shape index (κ1) is 21.7. The molecule has 1 saturated heterocycles. The summed E-state index contributed by atoms with van der Waals surface area (Å²) in [6.07, 6.45) is 1.01. The zero-order chi connectivity index (χ0) is 21.6. The molecule has 2 aromatic rings. The molecule has 1 amide bonds. The third-order valence-corrected chi connectivity index (χ3v) is 6.46. The van der Waals surface area contributed by atoms with Gasteiger partial charge in [0.1, 0.15) is 0 Å². The molecule has 2 aliphatic heterocycles. The molecule has 1 N–H and O–H groups in total. The van der Waals surface area contributed by atoms with Crippen molar-refractivity contribution in [3.05, 3.63) is 59.7 Å². The monoisotopic (exact) mass is 423 g/mol. The van der Waals surface area contributed by atoms with Crippen LogP contribution in [0.4, 0.5) is 0 Å². The van der Waals surface area contributed by atoms with E-state index in [4.69, 9.17) is 9.47 Å². The third kappa shape index (κ3) is 5.38. The fraction of sp³-hybridized carbons (Fsp3) is 0.480. The highest BCUT2D eigenvalue weighted by Crippen LogP contribution is 2.32. The zero-order valence-electron chi connectivity index (χ0n) is 18.5. The van der Waals surface area contributed by atoms with Crippen LogP contribution in [0.3, 0.4) is 0 Å². The van der Waals surface area contributed by atoms with E-state index in [0.29, 0.717) is 19.3 Å². The lowest BCUT2D eigenvalue weighted by Gasteiger charge is -2.37. The number of carbonyl (C=O) groups is 1. The Labute approximate surface area is 185 Å². The smallest absolute Gasteiger partial charge is 0.237 e. The van der Waals surface area contributed by atoms with Gasteiger partial charge in [0.2, 0.25) is 12.7 Å². The van der Waals surface area contributed by atoms with Gasteiger partial charge in [-0.3, -0.25) is 14.6 Å². The molecule has 2 aliphatic rings. The van der Waals surface area contributed by atoms with Gasteiger partial charge in [0.25, 0.3) is 0 Å². The summed E-state index contributed by atoms with van der Waals surface area (Å²) in [6, 6.07) is 16.5. The van der Waals surface area contributed by atoms with Crippen LogP contribution >= 0.6 is 0 Å². The molecule has 2 heterocycles. The van der Waals surface area contributed by atoms with Gasteiger partial charge in [-0.05, 0) is 36.6 Å². The van der Waals surface area contributed by atoms with E-state index in [-0.39, 0.29) is 11.9 Å². The van der Waals surface area contributed by atoms with E-state index in [2.05, 4.69) is 58.4 Å². The van der Waals surface area contributed by atoms with Crippen molar-refractivity contribution in [2.24, 2.45) is 0 Å². The first-order valence-corrected chi connectivity index (χ1v) is 11.3. The molecule has 0 spiro atoms. The first-order chi connectivity index (χ1) is 15.1. The summed E-state index contributed by atoms with van der Waals surface area (Å²) in [6.45, 7) is 9.78. The standard InChI is InChI=1S/C25H33N3O3/c1-3-21(22-7-5-4-6-8-22)16-26-25(29)19(2)28-13-11-27(12-14-28)17-20-9-10-23-24(15-20)31-18-30-23/h4-10,15,19,21H,3,11-14,16-18H2,1-2H3,(H,26,29)/t19-,21-/m0/s1. The predicted octanol–water partition coefficient (Wildman–Crippen LogP) is 3.23. The van der Waals surface area contributed by atoms with E-state index in [9.17, 15) is 4.79 Å². The van der Waals surface area contributed by atoms with Gasteiger partial charge >= 0.3 is 0 Å². The van der Waals surface area contributed by atoms with Crippen molar-refractivity contribution in [3.8, 4) is 11.5 Å². The Morgan fingerprint density at radius 2 is 1.77 bits per heavy atom. The van der Waals surface area contributed by atoms with Crippen LogP contribution in [0.2, 0.25) is 0 Å². The predicted molar refractivity (Wildman–Crippen MR) is 121 cm³/mol.